The van der Waals surface area contributed by atoms with Crippen molar-refractivity contribution in [3.05, 3.63) is 82.5 Å². The first-order chi connectivity index (χ1) is 20.8. The van der Waals surface area contributed by atoms with E-state index in [2.05, 4.69) is 41.2 Å². The van der Waals surface area contributed by atoms with Gasteiger partial charge < -0.3 is 20.4 Å². The first-order valence-corrected chi connectivity index (χ1v) is 13.8. The number of benzene rings is 2. The summed E-state index contributed by atoms with van der Waals surface area (Å²) in [6.45, 7) is 0. The number of hydrogen-bond acceptors (Lipinski definition) is 8. The molecule has 0 radical (unpaired) electrons. The van der Waals surface area contributed by atoms with E-state index < -0.39 is 18.0 Å². The van der Waals surface area contributed by atoms with E-state index in [9.17, 15) is 14.4 Å². The van der Waals surface area contributed by atoms with Crippen LogP contribution in [0.15, 0.2) is 61.0 Å². The molecule has 2 aromatic heterocycles. The molecule has 0 spiro atoms. The third kappa shape index (κ3) is 7.26. The number of fused-ring (bicyclic) bond motifs is 4. The maximum Gasteiger partial charge on any atom is 0.411 e. The molecule has 1 aliphatic heterocycles. The van der Waals surface area contributed by atoms with E-state index in [1.54, 1.807) is 42.5 Å². The first kappa shape index (κ1) is 29.5. The molecule has 13 nitrogen and oxygen atoms in total. The number of nitrogens with zero attached hydrogens (tertiary/aromatic N) is 5. The van der Waals surface area contributed by atoms with Gasteiger partial charge in [0.25, 0.3) is 0 Å². The minimum absolute atomic E-state index is 0.208. The Balaban J connectivity index is 1.44. The highest BCUT2D eigenvalue weighted by Crippen LogP contribution is 2.35. The maximum atomic E-state index is 13.1. The van der Waals surface area contributed by atoms with E-state index in [1.807, 2.05) is 12.2 Å². The van der Waals surface area contributed by atoms with Crippen molar-refractivity contribution < 1.29 is 19.1 Å². The molecule has 3 heterocycles. The third-order valence-corrected chi connectivity index (χ3v) is 6.89. The van der Waals surface area contributed by atoms with Crippen molar-refractivity contribution in [3.63, 3.8) is 0 Å². The Labute approximate surface area is 255 Å². The molecule has 0 aliphatic carbocycles. The van der Waals surface area contributed by atoms with Gasteiger partial charge in [0.2, 0.25) is 11.8 Å². The average molecular weight is 622 g/mol. The van der Waals surface area contributed by atoms with Crippen molar-refractivity contribution in [3.8, 4) is 16.9 Å². The third-order valence-electron chi connectivity index (χ3n) is 6.38. The van der Waals surface area contributed by atoms with Crippen molar-refractivity contribution in [2.24, 2.45) is 0 Å². The van der Waals surface area contributed by atoms with Gasteiger partial charge in [-0.05, 0) is 65.7 Å². The second-order valence-corrected chi connectivity index (χ2v) is 10.1. The van der Waals surface area contributed by atoms with Crippen molar-refractivity contribution in [1.29, 1.82) is 0 Å². The lowest BCUT2D eigenvalue weighted by Crippen LogP contribution is -2.27. The van der Waals surface area contributed by atoms with Crippen molar-refractivity contribution >= 4 is 58.6 Å². The molecule has 1 atom stereocenters. The molecule has 2 aromatic carbocycles. The Morgan fingerprint density at radius 1 is 1.16 bits per heavy atom. The topological polar surface area (TPSA) is 169 Å². The van der Waals surface area contributed by atoms with Gasteiger partial charge in [0.05, 0.1) is 24.5 Å². The van der Waals surface area contributed by atoms with Gasteiger partial charge in [-0.2, -0.15) is 4.68 Å². The standard InChI is InChI=1S/C28H25Cl2N9O4/c1-43-28(42)32-18-9-10-19-21(14-18)34-23(40)6-4-2-3-5-20(27-35-25(19)26(30)36-27)33-24(41)12-7-16-13-17(29)8-11-22(16)39-15-31-37-38-39/h2-3,7-15,20H,4-6H2,1H3,(H,32,42)(H,33,41)(H,34,40)(H,35,36)/b3-2+,12-7+/t20-/m0/s1. The highest BCUT2D eigenvalue weighted by Gasteiger charge is 2.22. The van der Waals surface area contributed by atoms with Gasteiger partial charge >= 0.3 is 6.09 Å². The van der Waals surface area contributed by atoms with Crippen LogP contribution in [0.1, 0.15) is 36.7 Å². The quantitative estimate of drug-likeness (QED) is 0.176. The molecule has 3 amide bonds. The van der Waals surface area contributed by atoms with Crippen LogP contribution in [0, 0.1) is 0 Å². The number of carbonyl (C=O) groups is 3. The van der Waals surface area contributed by atoms with Gasteiger partial charge in [0.1, 0.15) is 23.0 Å². The first-order valence-electron chi connectivity index (χ1n) is 13.0. The predicted octanol–water partition coefficient (Wildman–Crippen LogP) is 5.09. The van der Waals surface area contributed by atoms with Gasteiger partial charge in [-0.15, -0.1) is 5.10 Å². The average Bonchev–Trinajstić information content (AvgIpc) is 3.65. The fourth-order valence-corrected chi connectivity index (χ4v) is 4.78. The van der Waals surface area contributed by atoms with Crippen LogP contribution in [0.2, 0.25) is 10.2 Å². The SMILES string of the molecule is COC(=O)Nc1ccc2c(c1)NC(=O)CC/C=C/C[C@H](NC(=O)/C=C/c1cc(Cl)ccc1-n1cnnn1)c1nc-2c(Cl)[nH]1. The molecule has 15 heteroatoms. The normalized spacial score (nSPS) is 15.8. The zero-order valence-corrected chi connectivity index (χ0v) is 24.2. The number of hydrogen-bond donors (Lipinski definition) is 4. The molecular weight excluding hydrogens is 597 g/mol. The molecule has 1 aliphatic rings. The zero-order chi connectivity index (χ0) is 30.3. The molecule has 0 fully saturated rings. The second kappa shape index (κ2) is 13.3. The van der Waals surface area contributed by atoms with Crippen molar-refractivity contribution in [2.45, 2.75) is 25.3 Å². The Morgan fingerprint density at radius 2 is 2.02 bits per heavy atom. The van der Waals surface area contributed by atoms with E-state index in [-0.39, 0.29) is 17.5 Å². The van der Waals surface area contributed by atoms with Crippen LogP contribution < -0.4 is 16.0 Å². The molecule has 0 saturated heterocycles. The van der Waals surface area contributed by atoms with E-state index in [0.717, 1.165) is 0 Å². The molecule has 43 heavy (non-hydrogen) atoms. The van der Waals surface area contributed by atoms with Crippen LogP contribution in [0.3, 0.4) is 0 Å². The summed E-state index contributed by atoms with van der Waals surface area (Å²) in [5.74, 6) is -0.212. The van der Waals surface area contributed by atoms with Crippen LogP contribution in [0.5, 0.6) is 0 Å². The highest BCUT2D eigenvalue weighted by molar-refractivity contribution is 6.32. The lowest BCUT2D eigenvalue weighted by Gasteiger charge is -2.14. The Kier molecular flexibility index (Phi) is 9.13. The van der Waals surface area contributed by atoms with Crippen molar-refractivity contribution in [1.82, 2.24) is 35.5 Å². The minimum Gasteiger partial charge on any atom is -0.453 e. The van der Waals surface area contributed by atoms with Gasteiger partial charge in [0.15, 0.2) is 0 Å². The lowest BCUT2D eigenvalue weighted by atomic mass is 10.1. The summed E-state index contributed by atoms with van der Waals surface area (Å²) < 4.78 is 6.13. The maximum absolute atomic E-state index is 13.1. The number of aromatic nitrogens is 6. The Bertz CT molecular complexity index is 1720. The minimum atomic E-state index is -0.657. The summed E-state index contributed by atoms with van der Waals surface area (Å²) >= 11 is 12.8. The fraction of sp³-hybridized carbons (Fsp3) is 0.179. The number of rotatable bonds is 5. The summed E-state index contributed by atoms with van der Waals surface area (Å²) in [6, 6.07) is 9.46. The number of methoxy groups -OCH3 is 1. The number of allylic oxidation sites excluding steroid dienone is 1. The highest BCUT2D eigenvalue weighted by atomic mass is 35.5. The fourth-order valence-electron chi connectivity index (χ4n) is 4.35. The summed E-state index contributed by atoms with van der Waals surface area (Å²) in [7, 11) is 1.25. The zero-order valence-electron chi connectivity index (χ0n) is 22.7. The van der Waals surface area contributed by atoms with Crippen LogP contribution in [-0.4, -0.2) is 55.2 Å². The summed E-state index contributed by atoms with van der Waals surface area (Å²) in [5, 5.41) is 20.3. The molecule has 5 rings (SSSR count). The number of H-pyrrole nitrogens is 1. The number of anilines is 2. The van der Waals surface area contributed by atoms with Gasteiger partial charge in [-0.3, -0.25) is 14.9 Å². The molecular formula is C28H25Cl2N9O4. The molecule has 4 N–H and O–H groups in total. The Morgan fingerprint density at radius 3 is 2.81 bits per heavy atom. The summed E-state index contributed by atoms with van der Waals surface area (Å²) in [6.07, 6.45) is 8.57. The second-order valence-electron chi connectivity index (χ2n) is 9.31. The van der Waals surface area contributed by atoms with Crippen LogP contribution >= 0.6 is 23.2 Å². The summed E-state index contributed by atoms with van der Waals surface area (Å²) in [5.41, 5.74) is 2.94. The van der Waals surface area contributed by atoms with Crippen LogP contribution in [0.25, 0.3) is 23.0 Å². The molecule has 2 bridgehead atoms. The number of tetrazole rings is 1. The number of ether oxygens (including phenoxy) is 1. The monoisotopic (exact) mass is 621 g/mol. The van der Waals surface area contributed by atoms with Gasteiger partial charge in [0, 0.05) is 34.3 Å². The van der Waals surface area contributed by atoms with E-state index in [0.29, 0.717) is 57.6 Å². The van der Waals surface area contributed by atoms with Gasteiger partial charge in [-0.1, -0.05) is 35.4 Å². The molecule has 0 unspecified atom stereocenters. The smallest absolute Gasteiger partial charge is 0.411 e. The number of imidazole rings is 1. The van der Waals surface area contributed by atoms with E-state index >= 15 is 0 Å². The lowest BCUT2D eigenvalue weighted by molar-refractivity contribution is -0.117. The Hall–Kier alpha value is -5.01. The molecule has 220 valence electrons. The molecule has 0 saturated carbocycles. The number of aromatic amines is 1. The van der Waals surface area contributed by atoms with E-state index in [1.165, 1.54) is 24.2 Å². The van der Waals surface area contributed by atoms with Crippen LogP contribution in [-0.2, 0) is 14.3 Å². The van der Waals surface area contributed by atoms with Crippen molar-refractivity contribution in [2.75, 3.05) is 17.7 Å². The predicted molar refractivity (Wildman–Crippen MR) is 161 cm³/mol. The number of nitrogens with one attached hydrogen (secondary N) is 4. The number of carbonyl (C=O) groups excluding carboxylic acids is 3. The van der Waals surface area contributed by atoms with Gasteiger partial charge in [-0.25, -0.2) is 9.78 Å². The number of halogens is 2. The summed E-state index contributed by atoms with van der Waals surface area (Å²) in [4.78, 5) is 45.3. The largest absolute Gasteiger partial charge is 0.453 e. The number of amides is 3. The molecule has 4 aromatic rings. The van der Waals surface area contributed by atoms with E-state index in [4.69, 9.17) is 28.2 Å². The van der Waals surface area contributed by atoms with Crippen LogP contribution in [0.4, 0.5) is 16.2 Å².